The number of carbonyl (C=O) groups is 1. The highest BCUT2D eigenvalue weighted by Gasteiger charge is 2.40. The van der Waals surface area contributed by atoms with Crippen molar-refractivity contribution in [1.82, 2.24) is 24.2 Å². The highest BCUT2D eigenvalue weighted by atomic mass is 35.5. The van der Waals surface area contributed by atoms with Crippen molar-refractivity contribution in [3.05, 3.63) is 71.0 Å². The lowest BCUT2D eigenvalue weighted by molar-refractivity contribution is -0.148. The lowest BCUT2D eigenvalue weighted by atomic mass is 9.94. The Morgan fingerprint density at radius 1 is 1.10 bits per heavy atom. The molecule has 2 aromatic heterocycles. The summed E-state index contributed by atoms with van der Waals surface area (Å²) in [5.74, 6) is -1.11. The molecule has 0 saturated heterocycles. The maximum Gasteiger partial charge on any atom is 0.451 e. The predicted molar refractivity (Wildman–Crippen MR) is 104 cm³/mol. The average molecular weight is 438 g/mol. The Bertz CT molecular complexity index is 1010. The normalized spacial score (nSPS) is 15.1. The van der Waals surface area contributed by atoms with E-state index in [0.29, 0.717) is 11.6 Å². The van der Waals surface area contributed by atoms with E-state index < -0.39 is 12.0 Å². The first-order valence-corrected chi connectivity index (χ1v) is 9.82. The van der Waals surface area contributed by atoms with Crippen molar-refractivity contribution < 1.29 is 18.0 Å². The summed E-state index contributed by atoms with van der Waals surface area (Å²) in [6.07, 6.45) is -0.487. The summed E-state index contributed by atoms with van der Waals surface area (Å²) in [6, 6.07) is 11.2. The molecule has 1 amide bonds. The SMILES string of the molecule is O=C(CC(Cn1cccc1)c1ccc(Cl)cc1)N1CCn2c(nnc2C(F)(F)F)C1. The molecule has 30 heavy (non-hydrogen) atoms. The molecule has 3 aromatic rings. The van der Waals surface area contributed by atoms with Crippen LogP contribution in [0.25, 0.3) is 0 Å². The maximum absolute atomic E-state index is 13.0. The van der Waals surface area contributed by atoms with Gasteiger partial charge in [0.1, 0.15) is 0 Å². The van der Waals surface area contributed by atoms with E-state index in [2.05, 4.69) is 10.2 Å². The molecule has 1 aliphatic heterocycles. The fourth-order valence-corrected chi connectivity index (χ4v) is 3.82. The molecule has 0 saturated carbocycles. The molecule has 158 valence electrons. The Hall–Kier alpha value is -2.81. The third-order valence-corrected chi connectivity index (χ3v) is 5.47. The summed E-state index contributed by atoms with van der Waals surface area (Å²) in [6.45, 7) is 0.817. The van der Waals surface area contributed by atoms with Crippen molar-refractivity contribution in [2.75, 3.05) is 6.54 Å². The molecule has 4 rings (SSSR count). The summed E-state index contributed by atoms with van der Waals surface area (Å²) < 4.78 is 42.1. The number of amides is 1. The molecule has 10 heteroatoms. The molecule has 3 heterocycles. The highest BCUT2D eigenvalue weighted by molar-refractivity contribution is 6.30. The highest BCUT2D eigenvalue weighted by Crippen LogP contribution is 2.30. The van der Waals surface area contributed by atoms with Crippen LogP contribution in [0.4, 0.5) is 13.2 Å². The summed E-state index contributed by atoms with van der Waals surface area (Å²) in [7, 11) is 0. The minimum Gasteiger partial charge on any atom is -0.354 e. The smallest absolute Gasteiger partial charge is 0.354 e. The van der Waals surface area contributed by atoms with Crippen LogP contribution in [0.3, 0.4) is 0 Å². The van der Waals surface area contributed by atoms with Crippen LogP contribution in [0, 0.1) is 0 Å². The maximum atomic E-state index is 13.0. The van der Waals surface area contributed by atoms with Crippen LogP contribution >= 0.6 is 11.6 Å². The Morgan fingerprint density at radius 3 is 2.47 bits per heavy atom. The second kappa shape index (κ2) is 8.14. The number of carbonyl (C=O) groups excluding carboxylic acids is 1. The minimum atomic E-state index is -4.56. The van der Waals surface area contributed by atoms with Gasteiger partial charge in [-0.05, 0) is 29.8 Å². The lowest BCUT2D eigenvalue weighted by Crippen LogP contribution is -2.40. The van der Waals surface area contributed by atoms with Gasteiger partial charge in [-0.25, -0.2) is 0 Å². The molecule has 0 fully saturated rings. The first-order chi connectivity index (χ1) is 14.3. The molecule has 0 spiro atoms. The van der Waals surface area contributed by atoms with Gasteiger partial charge in [-0.3, -0.25) is 4.79 Å². The van der Waals surface area contributed by atoms with Gasteiger partial charge >= 0.3 is 6.18 Å². The summed E-state index contributed by atoms with van der Waals surface area (Å²) in [5, 5.41) is 7.52. The van der Waals surface area contributed by atoms with Crippen molar-refractivity contribution in [3.63, 3.8) is 0 Å². The number of nitrogens with zero attached hydrogens (tertiary/aromatic N) is 5. The lowest BCUT2D eigenvalue weighted by Gasteiger charge is -2.29. The molecular formula is C20H19ClF3N5O. The first kappa shape index (κ1) is 20.5. The second-order valence-electron chi connectivity index (χ2n) is 7.24. The quantitative estimate of drug-likeness (QED) is 0.607. The largest absolute Gasteiger partial charge is 0.451 e. The van der Waals surface area contributed by atoms with E-state index in [1.165, 1.54) is 0 Å². The zero-order chi connectivity index (χ0) is 21.3. The predicted octanol–water partition coefficient (Wildman–Crippen LogP) is 3.97. The van der Waals surface area contributed by atoms with Crippen molar-refractivity contribution in [2.45, 2.75) is 38.1 Å². The van der Waals surface area contributed by atoms with Crippen molar-refractivity contribution in [3.8, 4) is 0 Å². The van der Waals surface area contributed by atoms with Crippen molar-refractivity contribution in [2.24, 2.45) is 0 Å². The van der Waals surface area contributed by atoms with Crippen molar-refractivity contribution in [1.29, 1.82) is 0 Å². The Kier molecular flexibility index (Phi) is 5.55. The van der Waals surface area contributed by atoms with Crippen LogP contribution in [0.2, 0.25) is 5.02 Å². The number of aromatic nitrogens is 4. The summed E-state index contributed by atoms with van der Waals surface area (Å²) in [4.78, 5) is 14.5. The van der Waals surface area contributed by atoms with Gasteiger partial charge in [0.15, 0.2) is 5.82 Å². The molecular weight excluding hydrogens is 419 g/mol. The monoisotopic (exact) mass is 437 g/mol. The molecule has 1 atom stereocenters. The standard InChI is InChI=1S/C20H19ClF3N5O/c21-16-5-3-14(4-6-16)15(12-27-7-1-2-8-27)11-18(30)28-9-10-29-17(13-28)25-26-19(29)20(22,23)24/h1-8,15H,9-13H2. The number of hydrogen-bond acceptors (Lipinski definition) is 3. The van der Waals surface area contributed by atoms with Gasteiger partial charge in [-0.2, -0.15) is 13.2 Å². The summed E-state index contributed by atoms with van der Waals surface area (Å²) >= 11 is 5.99. The van der Waals surface area contributed by atoms with Crippen LogP contribution in [0.15, 0.2) is 48.8 Å². The van der Waals surface area contributed by atoms with Gasteiger partial charge in [0, 0.05) is 49.4 Å². The van der Waals surface area contributed by atoms with Crippen LogP contribution in [-0.4, -0.2) is 36.7 Å². The molecule has 1 unspecified atom stereocenters. The van der Waals surface area contributed by atoms with Gasteiger partial charge in [-0.15, -0.1) is 10.2 Å². The van der Waals surface area contributed by atoms with E-state index in [1.807, 2.05) is 41.2 Å². The van der Waals surface area contributed by atoms with Gasteiger partial charge in [0.05, 0.1) is 6.54 Å². The molecule has 0 N–H and O–H groups in total. The van der Waals surface area contributed by atoms with Gasteiger partial charge in [0.2, 0.25) is 11.7 Å². The fourth-order valence-electron chi connectivity index (χ4n) is 3.69. The number of hydrogen-bond donors (Lipinski definition) is 0. The zero-order valence-electron chi connectivity index (χ0n) is 15.9. The second-order valence-corrected chi connectivity index (χ2v) is 7.67. The number of alkyl halides is 3. The molecule has 6 nitrogen and oxygen atoms in total. The van der Waals surface area contributed by atoms with Gasteiger partial charge < -0.3 is 14.0 Å². The first-order valence-electron chi connectivity index (χ1n) is 9.44. The Labute approximate surface area is 175 Å². The van der Waals surface area contributed by atoms with Crippen LogP contribution in [-0.2, 0) is 30.6 Å². The van der Waals surface area contributed by atoms with E-state index in [0.717, 1.165) is 10.1 Å². The van der Waals surface area contributed by atoms with Gasteiger partial charge in [0.25, 0.3) is 0 Å². The summed E-state index contributed by atoms with van der Waals surface area (Å²) in [5.41, 5.74) is 0.973. The molecule has 0 aliphatic carbocycles. The van der Waals surface area contributed by atoms with Crippen LogP contribution < -0.4 is 0 Å². The number of fused-ring (bicyclic) bond motifs is 1. The van der Waals surface area contributed by atoms with E-state index in [-0.39, 0.29) is 43.7 Å². The fraction of sp³-hybridized carbons (Fsp3) is 0.350. The third kappa shape index (κ3) is 4.35. The van der Waals surface area contributed by atoms with E-state index in [1.54, 1.807) is 17.0 Å². The van der Waals surface area contributed by atoms with Gasteiger partial charge in [-0.1, -0.05) is 23.7 Å². The van der Waals surface area contributed by atoms with E-state index in [4.69, 9.17) is 11.6 Å². The van der Waals surface area contributed by atoms with Crippen LogP contribution in [0.1, 0.15) is 29.6 Å². The average Bonchev–Trinajstić information content (AvgIpc) is 3.36. The molecule has 1 aromatic carbocycles. The van der Waals surface area contributed by atoms with E-state index in [9.17, 15) is 18.0 Å². The molecule has 1 aliphatic rings. The van der Waals surface area contributed by atoms with E-state index >= 15 is 0 Å². The Balaban J connectivity index is 1.50. The molecule has 0 bridgehead atoms. The Morgan fingerprint density at radius 2 is 1.80 bits per heavy atom. The molecule has 0 radical (unpaired) electrons. The number of benzene rings is 1. The minimum absolute atomic E-state index is 0.0127. The third-order valence-electron chi connectivity index (χ3n) is 5.22. The van der Waals surface area contributed by atoms with Crippen LogP contribution in [0.5, 0.6) is 0 Å². The topological polar surface area (TPSA) is 56.0 Å². The number of rotatable bonds is 5. The number of halogens is 4. The van der Waals surface area contributed by atoms with Crippen molar-refractivity contribution >= 4 is 17.5 Å². The zero-order valence-corrected chi connectivity index (χ0v) is 16.6.